The van der Waals surface area contributed by atoms with Gasteiger partial charge in [-0.25, -0.2) is 4.72 Å². The van der Waals surface area contributed by atoms with Crippen LogP contribution in [0.1, 0.15) is 79.6 Å². The van der Waals surface area contributed by atoms with Crippen molar-refractivity contribution in [1.29, 1.82) is 0 Å². The number of nitrogens with one attached hydrogen (secondary N) is 2. The number of ether oxygens (including phenoxy) is 1. The predicted octanol–water partition coefficient (Wildman–Crippen LogP) is 4.96. The SMILES string of the molecule is COc1ccc(-c2c(C3CCCCC3)c3ccc4cc3n2CC2(CC2)C(=O)NCCCCN(C)S(=O)(=O)NC4=O)cc1. The van der Waals surface area contributed by atoms with Crippen LogP contribution in [-0.2, 0) is 21.5 Å². The molecule has 2 N–H and O–H groups in total. The summed E-state index contributed by atoms with van der Waals surface area (Å²) < 4.78 is 37.0. The van der Waals surface area contributed by atoms with E-state index in [9.17, 15) is 18.0 Å². The first-order valence-electron chi connectivity index (χ1n) is 15.1. The number of fused-ring (bicyclic) bond motifs is 1. The molecule has 2 fully saturated rings. The highest BCUT2D eigenvalue weighted by Gasteiger charge is 2.50. The summed E-state index contributed by atoms with van der Waals surface area (Å²) in [6.45, 7) is 1.23. The first-order valence-corrected chi connectivity index (χ1v) is 16.5. The van der Waals surface area contributed by atoms with Crippen molar-refractivity contribution in [2.75, 3.05) is 27.2 Å². The highest BCUT2D eigenvalue weighted by Crippen LogP contribution is 2.51. The Kier molecular flexibility index (Phi) is 7.78. The fraction of sp³-hybridized carbons (Fsp3) is 0.500. The van der Waals surface area contributed by atoms with Crippen LogP contribution >= 0.6 is 0 Å². The van der Waals surface area contributed by atoms with Crippen LogP contribution in [0.3, 0.4) is 0 Å². The third-order valence-corrected chi connectivity index (χ3v) is 10.8. The Morgan fingerprint density at radius 3 is 2.33 bits per heavy atom. The summed E-state index contributed by atoms with van der Waals surface area (Å²) in [5.41, 5.74) is 3.98. The average Bonchev–Trinajstić information content (AvgIpc) is 3.72. The minimum Gasteiger partial charge on any atom is -0.497 e. The Morgan fingerprint density at radius 1 is 0.929 bits per heavy atom. The minimum atomic E-state index is -4.01. The maximum atomic E-state index is 13.6. The van der Waals surface area contributed by atoms with E-state index in [-0.39, 0.29) is 18.0 Å². The Labute approximate surface area is 247 Å². The highest BCUT2D eigenvalue weighted by molar-refractivity contribution is 7.87. The minimum absolute atomic E-state index is 0.0474. The maximum Gasteiger partial charge on any atom is 0.303 e. The van der Waals surface area contributed by atoms with Crippen LogP contribution < -0.4 is 14.8 Å². The summed E-state index contributed by atoms with van der Waals surface area (Å²) in [4.78, 5) is 26.9. The van der Waals surface area contributed by atoms with Gasteiger partial charge in [-0.1, -0.05) is 25.3 Å². The van der Waals surface area contributed by atoms with Crippen LogP contribution in [0, 0.1) is 5.41 Å². The molecule has 2 aromatic carbocycles. The number of methoxy groups -OCH3 is 1. The number of hydrogen-bond acceptors (Lipinski definition) is 5. The molecule has 1 aromatic heterocycles. The van der Waals surface area contributed by atoms with Crippen molar-refractivity contribution in [2.45, 2.75) is 70.3 Å². The van der Waals surface area contributed by atoms with E-state index in [4.69, 9.17) is 4.74 Å². The molecule has 2 heterocycles. The highest BCUT2D eigenvalue weighted by atomic mass is 32.2. The zero-order valence-electron chi connectivity index (χ0n) is 24.4. The Balaban J connectivity index is 1.57. The summed E-state index contributed by atoms with van der Waals surface area (Å²) in [5.74, 6) is 0.510. The topological polar surface area (TPSA) is 110 Å². The van der Waals surface area contributed by atoms with Crippen molar-refractivity contribution >= 4 is 32.9 Å². The number of rotatable bonds is 3. The fourth-order valence-corrected chi connectivity index (χ4v) is 7.56. The molecule has 9 nitrogen and oxygen atoms in total. The van der Waals surface area contributed by atoms with Crippen LogP contribution in [0.4, 0.5) is 0 Å². The second-order valence-electron chi connectivity index (χ2n) is 12.1. The smallest absolute Gasteiger partial charge is 0.303 e. The Morgan fingerprint density at radius 2 is 1.64 bits per heavy atom. The van der Waals surface area contributed by atoms with Crippen LogP contribution in [0.5, 0.6) is 5.75 Å². The lowest BCUT2D eigenvalue weighted by Gasteiger charge is -2.25. The summed E-state index contributed by atoms with van der Waals surface area (Å²) in [7, 11) is -0.899. The molecular weight excluding hydrogens is 552 g/mol. The molecule has 3 aliphatic rings. The van der Waals surface area contributed by atoms with Crippen molar-refractivity contribution in [3.05, 3.63) is 53.6 Å². The van der Waals surface area contributed by atoms with Crippen LogP contribution in [0.2, 0.25) is 0 Å². The largest absolute Gasteiger partial charge is 0.497 e. The van der Waals surface area contributed by atoms with Gasteiger partial charge in [-0.15, -0.1) is 0 Å². The summed E-state index contributed by atoms with van der Waals surface area (Å²) in [5, 5.41) is 4.19. The fourth-order valence-electron chi connectivity index (χ4n) is 6.68. The first kappa shape index (κ1) is 28.7. The number of carbonyl (C=O) groups excluding carboxylic acids is 2. The number of amides is 2. The van der Waals surface area contributed by atoms with Gasteiger partial charge >= 0.3 is 10.2 Å². The van der Waals surface area contributed by atoms with Crippen molar-refractivity contribution in [3.8, 4) is 17.0 Å². The Hall–Kier alpha value is -3.37. The molecule has 0 radical (unpaired) electrons. The van der Waals surface area contributed by atoms with E-state index < -0.39 is 21.5 Å². The standard InChI is InChI=1S/C32H40N4O5S/c1-35-19-7-6-18-33-31(38)32(16-17-32)21-36-27-20-24(30(37)34-42(35,39)40)12-15-26(27)28(22-8-4-3-5-9-22)29(36)23-10-13-25(41-2)14-11-23/h10-15,20,22H,3-9,16-19,21H2,1-2H3,(H,33,38)(H,34,37). The van der Waals surface area contributed by atoms with Gasteiger partial charge < -0.3 is 14.6 Å². The van der Waals surface area contributed by atoms with Gasteiger partial charge in [-0.3, -0.25) is 9.59 Å². The third-order valence-electron chi connectivity index (χ3n) is 9.36. The van der Waals surface area contributed by atoms with Gasteiger partial charge in [-0.05, 0) is 92.0 Å². The quantitative estimate of drug-likeness (QED) is 0.447. The van der Waals surface area contributed by atoms with Gasteiger partial charge in [0.05, 0.1) is 18.2 Å². The van der Waals surface area contributed by atoms with Gasteiger partial charge in [0.2, 0.25) is 5.91 Å². The number of benzene rings is 2. The lowest BCUT2D eigenvalue weighted by molar-refractivity contribution is -0.126. The molecule has 42 heavy (non-hydrogen) atoms. The van der Waals surface area contributed by atoms with Crippen molar-refractivity contribution in [3.63, 3.8) is 0 Å². The second-order valence-corrected chi connectivity index (χ2v) is 13.9. The zero-order chi connectivity index (χ0) is 29.5. The molecule has 3 aromatic rings. The van der Waals surface area contributed by atoms with Gasteiger partial charge in [0.15, 0.2) is 0 Å². The molecule has 0 unspecified atom stereocenters. The number of carbonyl (C=O) groups is 2. The van der Waals surface area contributed by atoms with E-state index in [0.717, 1.165) is 70.7 Å². The molecule has 2 bridgehead atoms. The molecule has 2 amide bonds. The summed E-state index contributed by atoms with van der Waals surface area (Å²) in [6, 6.07) is 13.6. The van der Waals surface area contributed by atoms with E-state index in [1.54, 1.807) is 19.2 Å². The van der Waals surface area contributed by atoms with Crippen molar-refractivity contribution < 1.29 is 22.7 Å². The second kappa shape index (κ2) is 11.4. The number of aromatic nitrogens is 1. The van der Waals surface area contributed by atoms with Gasteiger partial charge in [0, 0.05) is 43.1 Å². The predicted molar refractivity (Wildman–Crippen MR) is 163 cm³/mol. The molecule has 0 atom stereocenters. The van der Waals surface area contributed by atoms with Crippen molar-refractivity contribution in [2.24, 2.45) is 5.41 Å². The monoisotopic (exact) mass is 592 g/mol. The van der Waals surface area contributed by atoms with Gasteiger partial charge in [0.25, 0.3) is 5.91 Å². The number of hydrogen-bond donors (Lipinski definition) is 2. The zero-order valence-corrected chi connectivity index (χ0v) is 25.3. The van der Waals surface area contributed by atoms with E-state index in [1.165, 1.54) is 19.0 Å². The van der Waals surface area contributed by atoms with E-state index in [0.29, 0.717) is 31.8 Å². The van der Waals surface area contributed by atoms with Crippen molar-refractivity contribution in [1.82, 2.24) is 18.9 Å². The maximum absolute atomic E-state index is 13.6. The molecule has 10 heteroatoms. The van der Waals surface area contributed by atoms with Gasteiger partial charge in [0.1, 0.15) is 5.75 Å². The summed E-state index contributed by atoms with van der Waals surface area (Å²) >= 11 is 0. The molecule has 1 spiro atoms. The molecule has 224 valence electrons. The summed E-state index contributed by atoms with van der Waals surface area (Å²) in [6.07, 6.45) is 8.55. The molecular formula is C32H40N4O5S. The van der Waals surface area contributed by atoms with Crippen LogP contribution in [0.15, 0.2) is 42.5 Å². The van der Waals surface area contributed by atoms with E-state index >= 15 is 0 Å². The third kappa shape index (κ3) is 5.42. The lowest BCUT2D eigenvalue weighted by Crippen LogP contribution is -2.42. The molecule has 6 rings (SSSR count). The van der Waals surface area contributed by atoms with Crippen LogP contribution in [-0.4, -0.2) is 56.4 Å². The molecule has 1 aliphatic heterocycles. The average molecular weight is 593 g/mol. The normalized spacial score (nSPS) is 21.8. The number of nitrogens with zero attached hydrogens (tertiary/aromatic N) is 2. The Bertz CT molecular complexity index is 1600. The van der Waals surface area contributed by atoms with E-state index in [1.807, 2.05) is 18.2 Å². The first-order chi connectivity index (χ1) is 20.2. The molecule has 0 saturated heterocycles. The molecule has 2 aliphatic carbocycles. The lowest BCUT2D eigenvalue weighted by atomic mass is 9.81. The van der Waals surface area contributed by atoms with Gasteiger partial charge in [-0.2, -0.15) is 12.7 Å². The molecule has 2 saturated carbocycles. The van der Waals surface area contributed by atoms with Crippen LogP contribution in [0.25, 0.3) is 22.2 Å². The van der Waals surface area contributed by atoms with E-state index in [2.05, 4.69) is 26.7 Å².